The van der Waals surface area contributed by atoms with Gasteiger partial charge >= 0.3 is 5.97 Å². The molecular formula is C5H10O4. The monoisotopic (exact) mass is 134 g/mol. The molecule has 0 aromatic carbocycles. The van der Waals surface area contributed by atoms with Crippen molar-refractivity contribution >= 4 is 11.9 Å². The summed E-state index contributed by atoms with van der Waals surface area (Å²) in [4.78, 5) is 18.4. The normalized spacial score (nSPS) is 6.89. The van der Waals surface area contributed by atoms with Crippen LogP contribution in [-0.2, 0) is 9.59 Å². The van der Waals surface area contributed by atoms with E-state index in [1.54, 1.807) is 6.92 Å². The Kier molecular flexibility index (Phi) is 8.36. The molecule has 0 unspecified atom stereocenters. The van der Waals surface area contributed by atoms with Gasteiger partial charge in [0.05, 0.1) is 0 Å². The molecule has 0 atom stereocenters. The lowest BCUT2D eigenvalue weighted by Gasteiger charge is -1.71. The molecule has 0 spiro atoms. The van der Waals surface area contributed by atoms with Crippen molar-refractivity contribution in [2.75, 3.05) is 0 Å². The molecule has 0 heterocycles. The van der Waals surface area contributed by atoms with Crippen LogP contribution in [0, 0.1) is 0 Å². The van der Waals surface area contributed by atoms with Crippen LogP contribution < -0.4 is 0 Å². The molecule has 0 amide bonds. The van der Waals surface area contributed by atoms with Gasteiger partial charge in [-0.15, -0.1) is 0 Å². The Morgan fingerprint density at radius 2 is 1.44 bits per heavy atom. The smallest absolute Gasteiger partial charge is 0.303 e. The highest BCUT2D eigenvalue weighted by atomic mass is 16.4. The van der Waals surface area contributed by atoms with E-state index in [-0.39, 0.29) is 6.42 Å². The molecule has 0 radical (unpaired) electrons. The van der Waals surface area contributed by atoms with E-state index in [2.05, 4.69) is 0 Å². The fraction of sp³-hybridized carbons (Fsp3) is 0.600. The first-order valence-corrected chi connectivity index (χ1v) is 2.42. The first-order chi connectivity index (χ1) is 4.00. The highest BCUT2D eigenvalue weighted by Crippen LogP contribution is 1.67. The molecule has 54 valence electrons. The van der Waals surface area contributed by atoms with Gasteiger partial charge in [-0.25, -0.2) is 0 Å². The lowest BCUT2D eigenvalue weighted by molar-refractivity contribution is -0.137. The predicted octanol–water partition coefficient (Wildman–Crippen LogP) is 0.572. The zero-order valence-electron chi connectivity index (χ0n) is 5.42. The van der Waals surface area contributed by atoms with E-state index in [0.29, 0.717) is 0 Å². The second kappa shape index (κ2) is 6.94. The topological polar surface area (TPSA) is 74.6 Å². The molecule has 0 aliphatic rings. The maximum Gasteiger partial charge on any atom is 0.303 e. The summed E-state index contributed by atoms with van der Waals surface area (Å²) in [5.41, 5.74) is 0. The van der Waals surface area contributed by atoms with Crippen molar-refractivity contribution in [2.24, 2.45) is 0 Å². The fourth-order valence-corrected chi connectivity index (χ4v) is 0. The molecule has 4 heteroatoms. The summed E-state index contributed by atoms with van der Waals surface area (Å²) in [7, 11) is 0. The number of carboxylic acids is 2. The third kappa shape index (κ3) is 192. The van der Waals surface area contributed by atoms with Gasteiger partial charge in [-0.3, -0.25) is 9.59 Å². The predicted molar refractivity (Wildman–Crippen MR) is 31.2 cm³/mol. The van der Waals surface area contributed by atoms with Crippen molar-refractivity contribution in [3.63, 3.8) is 0 Å². The minimum atomic E-state index is -0.833. The molecule has 0 aromatic heterocycles. The first kappa shape index (κ1) is 10.8. The Bertz CT molecular complexity index is 93.1. The molecule has 0 bridgehead atoms. The average Bonchev–Trinajstić information content (AvgIpc) is 1.65. The molecular weight excluding hydrogens is 124 g/mol. The Morgan fingerprint density at radius 3 is 1.44 bits per heavy atom. The SMILES string of the molecule is CC(=O)O.CCC(=O)O. The zero-order valence-corrected chi connectivity index (χ0v) is 5.42. The van der Waals surface area contributed by atoms with Gasteiger partial charge in [-0.2, -0.15) is 0 Å². The van der Waals surface area contributed by atoms with Crippen LogP contribution >= 0.6 is 0 Å². The number of hydrogen-bond acceptors (Lipinski definition) is 2. The minimum absolute atomic E-state index is 0.222. The third-order valence-corrected chi connectivity index (χ3v) is 0.302. The maximum atomic E-state index is 9.37. The van der Waals surface area contributed by atoms with E-state index in [0.717, 1.165) is 6.92 Å². The van der Waals surface area contributed by atoms with Crippen molar-refractivity contribution in [1.29, 1.82) is 0 Å². The van der Waals surface area contributed by atoms with Crippen molar-refractivity contribution in [2.45, 2.75) is 20.3 Å². The summed E-state index contributed by atoms with van der Waals surface area (Å²) >= 11 is 0. The van der Waals surface area contributed by atoms with Crippen molar-refractivity contribution in [1.82, 2.24) is 0 Å². The van der Waals surface area contributed by atoms with Gasteiger partial charge in [-0.05, 0) is 0 Å². The summed E-state index contributed by atoms with van der Waals surface area (Å²) < 4.78 is 0. The Hall–Kier alpha value is -1.06. The summed E-state index contributed by atoms with van der Waals surface area (Å²) in [6, 6.07) is 0. The average molecular weight is 134 g/mol. The molecule has 0 saturated heterocycles. The van der Waals surface area contributed by atoms with E-state index < -0.39 is 11.9 Å². The number of rotatable bonds is 1. The zero-order chi connectivity index (χ0) is 7.86. The van der Waals surface area contributed by atoms with Gasteiger partial charge < -0.3 is 10.2 Å². The largest absolute Gasteiger partial charge is 0.481 e. The van der Waals surface area contributed by atoms with Crippen molar-refractivity contribution in [3.8, 4) is 0 Å². The Labute approximate surface area is 53.1 Å². The van der Waals surface area contributed by atoms with Crippen molar-refractivity contribution < 1.29 is 19.8 Å². The third-order valence-electron chi connectivity index (χ3n) is 0.302. The van der Waals surface area contributed by atoms with E-state index in [1.165, 1.54) is 0 Å². The number of carbonyl (C=O) groups is 2. The van der Waals surface area contributed by atoms with Crippen LogP contribution in [-0.4, -0.2) is 22.2 Å². The van der Waals surface area contributed by atoms with Crippen LogP contribution in [0.25, 0.3) is 0 Å². The summed E-state index contributed by atoms with van der Waals surface area (Å²) in [5.74, 6) is -1.58. The quantitative estimate of drug-likeness (QED) is 0.549. The molecule has 0 rings (SSSR count). The highest BCUT2D eigenvalue weighted by molar-refractivity contribution is 5.66. The molecule has 0 aliphatic carbocycles. The van der Waals surface area contributed by atoms with Crippen LogP contribution in [0.4, 0.5) is 0 Å². The molecule has 9 heavy (non-hydrogen) atoms. The van der Waals surface area contributed by atoms with E-state index in [1.807, 2.05) is 0 Å². The van der Waals surface area contributed by atoms with Gasteiger partial charge in [-0.1, -0.05) is 6.92 Å². The maximum absolute atomic E-state index is 9.37. The Morgan fingerprint density at radius 1 is 1.33 bits per heavy atom. The molecule has 2 N–H and O–H groups in total. The standard InChI is InChI=1S/C3H6O2.C2H4O2/c1-2-3(4)5;1-2(3)4/h2H2,1H3,(H,4,5);1H3,(H,3,4). The minimum Gasteiger partial charge on any atom is -0.481 e. The van der Waals surface area contributed by atoms with Gasteiger partial charge in [0.25, 0.3) is 5.97 Å². The molecule has 0 aromatic rings. The van der Waals surface area contributed by atoms with Gasteiger partial charge in [0.15, 0.2) is 0 Å². The number of aliphatic carboxylic acids is 2. The lowest BCUT2D eigenvalue weighted by Crippen LogP contribution is -1.86. The molecule has 0 fully saturated rings. The second-order valence-electron chi connectivity index (χ2n) is 1.27. The molecule has 0 saturated carbocycles. The lowest BCUT2D eigenvalue weighted by atomic mass is 10.5. The van der Waals surface area contributed by atoms with E-state index >= 15 is 0 Å². The summed E-state index contributed by atoms with van der Waals surface area (Å²) in [6.07, 6.45) is 0.222. The van der Waals surface area contributed by atoms with Crippen LogP contribution in [0.15, 0.2) is 0 Å². The first-order valence-electron chi connectivity index (χ1n) is 2.42. The van der Waals surface area contributed by atoms with Crippen LogP contribution in [0.5, 0.6) is 0 Å². The number of hydrogen-bond donors (Lipinski definition) is 2. The molecule has 4 nitrogen and oxygen atoms in total. The van der Waals surface area contributed by atoms with E-state index in [4.69, 9.17) is 15.0 Å². The van der Waals surface area contributed by atoms with Gasteiger partial charge in [0.1, 0.15) is 0 Å². The van der Waals surface area contributed by atoms with Crippen LogP contribution in [0.2, 0.25) is 0 Å². The Balaban J connectivity index is 0. The second-order valence-corrected chi connectivity index (χ2v) is 1.27. The summed E-state index contributed by atoms with van der Waals surface area (Å²) in [6.45, 7) is 2.68. The van der Waals surface area contributed by atoms with Gasteiger partial charge in [0, 0.05) is 13.3 Å². The van der Waals surface area contributed by atoms with Crippen molar-refractivity contribution in [3.05, 3.63) is 0 Å². The molecule has 0 aliphatic heterocycles. The number of carboxylic acid groups (broad SMARTS) is 2. The summed E-state index contributed by atoms with van der Waals surface area (Å²) in [5, 5.41) is 15.1. The fourth-order valence-electron chi connectivity index (χ4n) is 0. The van der Waals surface area contributed by atoms with E-state index in [9.17, 15) is 4.79 Å². The highest BCUT2D eigenvalue weighted by Gasteiger charge is 1.80. The van der Waals surface area contributed by atoms with Crippen LogP contribution in [0.1, 0.15) is 20.3 Å². The van der Waals surface area contributed by atoms with Gasteiger partial charge in [0.2, 0.25) is 0 Å². The van der Waals surface area contributed by atoms with Crippen LogP contribution in [0.3, 0.4) is 0 Å².